The van der Waals surface area contributed by atoms with E-state index in [9.17, 15) is 18.4 Å². The van der Waals surface area contributed by atoms with Gasteiger partial charge in [-0.1, -0.05) is 32.9 Å². The van der Waals surface area contributed by atoms with Gasteiger partial charge in [0.05, 0.1) is 25.5 Å². The van der Waals surface area contributed by atoms with Crippen molar-refractivity contribution in [2.75, 3.05) is 6.61 Å². The van der Waals surface area contributed by atoms with Crippen molar-refractivity contribution < 1.29 is 22.7 Å². The average Bonchev–Trinajstić information content (AvgIpc) is 3.11. The first-order chi connectivity index (χ1) is 14.9. The highest BCUT2D eigenvalue weighted by molar-refractivity contribution is 6.74. The van der Waals surface area contributed by atoms with Gasteiger partial charge in [-0.25, -0.2) is 9.18 Å². The topological polar surface area (TPSA) is 82.5 Å². The second kappa shape index (κ2) is 9.38. The smallest absolute Gasteiger partial charge is 0.330 e. The Kier molecular flexibility index (Phi) is 7.18. The van der Waals surface area contributed by atoms with Gasteiger partial charge < -0.3 is 13.9 Å². The van der Waals surface area contributed by atoms with Gasteiger partial charge in [0.15, 0.2) is 8.32 Å². The fourth-order valence-electron chi connectivity index (χ4n) is 3.16. The summed E-state index contributed by atoms with van der Waals surface area (Å²) in [4.78, 5) is 25.5. The van der Waals surface area contributed by atoms with Gasteiger partial charge in [0, 0.05) is 6.42 Å². The van der Waals surface area contributed by atoms with Gasteiger partial charge in [-0.2, -0.15) is 4.39 Å². The summed E-state index contributed by atoms with van der Waals surface area (Å²) in [6, 6.07) is 5.97. The Morgan fingerprint density at radius 1 is 1.19 bits per heavy atom. The van der Waals surface area contributed by atoms with Crippen LogP contribution in [0.2, 0.25) is 18.1 Å². The zero-order chi connectivity index (χ0) is 23.7. The summed E-state index contributed by atoms with van der Waals surface area (Å²) in [5, 5.41) is -0.00550. The van der Waals surface area contributed by atoms with Crippen LogP contribution in [0.3, 0.4) is 0 Å². The van der Waals surface area contributed by atoms with Crippen LogP contribution >= 0.6 is 0 Å². The Morgan fingerprint density at radius 2 is 1.84 bits per heavy atom. The van der Waals surface area contributed by atoms with Crippen LogP contribution in [0, 0.1) is 11.6 Å². The Hall–Kier alpha value is -2.14. The molecule has 1 aliphatic heterocycles. The van der Waals surface area contributed by atoms with Crippen LogP contribution in [0.15, 0.2) is 40.1 Å². The molecule has 176 valence electrons. The Morgan fingerprint density at radius 3 is 2.47 bits per heavy atom. The molecule has 0 bridgehead atoms. The maximum atomic E-state index is 13.8. The normalized spacial score (nSPS) is 21.8. The highest BCUT2D eigenvalue weighted by Gasteiger charge is 2.42. The van der Waals surface area contributed by atoms with Gasteiger partial charge in [0.2, 0.25) is 5.82 Å². The summed E-state index contributed by atoms with van der Waals surface area (Å²) in [5.41, 5.74) is -1.05. The lowest BCUT2D eigenvalue weighted by atomic mass is 10.1. The first-order valence-corrected chi connectivity index (χ1v) is 13.4. The molecule has 3 rings (SSSR count). The number of benzene rings is 1. The van der Waals surface area contributed by atoms with E-state index in [0.717, 1.165) is 16.3 Å². The van der Waals surface area contributed by atoms with Crippen LogP contribution in [0.5, 0.6) is 0 Å². The maximum Gasteiger partial charge on any atom is 0.330 e. The molecule has 0 unspecified atom stereocenters. The molecule has 1 aliphatic rings. The molecule has 7 nitrogen and oxygen atoms in total. The second-order valence-corrected chi connectivity index (χ2v) is 14.4. The van der Waals surface area contributed by atoms with E-state index in [2.05, 4.69) is 33.9 Å². The van der Waals surface area contributed by atoms with Crippen molar-refractivity contribution in [2.45, 2.75) is 70.4 Å². The molecule has 1 aromatic carbocycles. The lowest BCUT2D eigenvalue weighted by molar-refractivity contribution is -0.0635. The van der Waals surface area contributed by atoms with Crippen molar-refractivity contribution in [1.29, 1.82) is 0 Å². The van der Waals surface area contributed by atoms with Crippen LogP contribution in [0.1, 0.15) is 39.0 Å². The second-order valence-electron chi connectivity index (χ2n) is 9.56. The van der Waals surface area contributed by atoms with Gasteiger partial charge in [0.1, 0.15) is 18.1 Å². The monoisotopic (exact) mass is 468 g/mol. The third kappa shape index (κ3) is 5.61. The number of rotatable bonds is 7. The number of aromatic nitrogens is 2. The van der Waals surface area contributed by atoms with E-state index in [1.165, 1.54) is 12.1 Å². The Balaban J connectivity index is 1.78. The van der Waals surface area contributed by atoms with Crippen LogP contribution in [0.25, 0.3) is 0 Å². The van der Waals surface area contributed by atoms with E-state index in [0.29, 0.717) is 0 Å². The van der Waals surface area contributed by atoms with Crippen molar-refractivity contribution in [2.24, 2.45) is 0 Å². The molecule has 0 radical (unpaired) electrons. The molecule has 0 spiro atoms. The molecule has 32 heavy (non-hydrogen) atoms. The van der Waals surface area contributed by atoms with E-state index in [-0.39, 0.29) is 30.5 Å². The third-order valence-electron chi connectivity index (χ3n) is 6.21. The first kappa shape index (κ1) is 24.5. The van der Waals surface area contributed by atoms with Crippen LogP contribution in [-0.2, 0) is 20.5 Å². The molecule has 3 atom stereocenters. The van der Waals surface area contributed by atoms with Crippen molar-refractivity contribution in [3.8, 4) is 0 Å². The van der Waals surface area contributed by atoms with Crippen LogP contribution < -0.4 is 11.2 Å². The predicted octanol–water partition coefficient (Wildman–Crippen LogP) is 3.71. The number of halogens is 2. The number of ether oxygens (including phenoxy) is 2. The zero-order valence-corrected chi connectivity index (χ0v) is 20.0. The van der Waals surface area contributed by atoms with Gasteiger partial charge in [-0.15, -0.1) is 0 Å². The molecule has 1 aromatic heterocycles. The molecule has 0 aliphatic carbocycles. The van der Waals surface area contributed by atoms with Crippen LogP contribution in [-0.4, -0.2) is 36.7 Å². The molecule has 0 amide bonds. The van der Waals surface area contributed by atoms with Crippen LogP contribution in [0.4, 0.5) is 8.78 Å². The standard InChI is InChI=1S/C22H30F2N2O5Si/c1-22(2,3)32(4,5)30-13-18-17(29-12-14-6-8-15(23)9-7-14)10-19(31-18)26-11-16(24)20(27)25-21(26)28/h6-9,11,17-19H,10,12-13H2,1-5H3,(H,25,27,28)/t17-,18+,19+/m0/s1. The number of nitrogens with one attached hydrogen (secondary N) is 1. The lowest BCUT2D eigenvalue weighted by Gasteiger charge is -2.37. The minimum Gasteiger partial charge on any atom is -0.414 e. The minimum absolute atomic E-state index is 0.00550. The summed E-state index contributed by atoms with van der Waals surface area (Å²) < 4.78 is 46.4. The lowest BCUT2D eigenvalue weighted by Crippen LogP contribution is -2.44. The average molecular weight is 469 g/mol. The molecule has 1 N–H and O–H groups in total. The number of hydrogen-bond donors (Lipinski definition) is 1. The molecular formula is C22H30F2N2O5Si. The molecule has 2 heterocycles. The summed E-state index contributed by atoms with van der Waals surface area (Å²) in [6.07, 6.45) is -0.661. The number of nitrogens with zero attached hydrogens (tertiary/aromatic N) is 1. The maximum absolute atomic E-state index is 13.8. The van der Waals surface area contributed by atoms with Gasteiger partial charge >= 0.3 is 5.69 Å². The van der Waals surface area contributed by atoms with E-state index in [1.807, 2.05) is 4.98 Å². The largest absolute Gasteiger partial charge is 0.414 e. The highest BCUT2D eigenvalue weighted by Crippen LogP contribution is 2.38. The summed E-state index contributed by atoms with van der Waals surface area (Å²) in [5.74, 6) is -1.41. The summed E-state index contributed by atoms with van der Waals surface area (Å²) in [6.45, 7) is 11.1. The van der Waals surface area contributed by atoms with Gasteiger partial charge in [-0.3, -0.25) is 14.3 Å². The quantitative estimate of drug-likeness (QED) is 0.627. The molecular weight excluding hydrogens is 438 g/mol. The molecule has 0 saturated carbocycles. The molecule has 1 saturated heterocycles. The van der Waals surface area contributed by atoms with E-state index in [4.69, 9.17) is 13.9 Å². The minimum atomic E-state index is -2.08. The summed E-state index contributed by atoms with van der Waals surface area (Å²) >= 11 is 0. The Bertz CT molecular complexity index is 1050. The third-order valence-corrected chi connectivity index (χ3v) is 10.7. The summed E-state index contributed by atoms with van der Waals surface area (Å²) in [7, 11) is -2.08. The van der Waals surface area contributed by atoms with Crippen molar-refractivity contribution in [3.63, 3.8) is 0 Å². The van der Waals surface area contributed by atoms with Gasteiger partial charge in [-0.05, 0) is 35.8 Å². The van der Waals surface area contributed by atoms with E-state index in [1.54, 1.807) is 12.1 Å². The molecule has 1 fully saturated rings. The fraction of sp³-hybridized carbons (Fsp3) is 0.545. The number of H-pyrrole nitrogens is 1. The first-order valence-electron chi connectivity index (χ1n) is 10.5. The molecule has 2 aromatic rings. The Labute approximate surface area is 186 Å². The van der Waals surface area contributed by atoms with Crippen molar-refractivity contribution >= 4 is 8.32 Å². The zero-order valence-electron chi connectivity index (χ0n) is 19.0. The number of hydrogen-bond acceptors (Lipinski definition) is 5. The predicted molar refractivity (Wildman–Crippen MR) is 118 cm³/mol. The highest BCUT2D eigenvalue weighted by atomic mass is 28.4. The SMILES string of the molecule is CC(C)(C)[Si](C)(C)OC[C@H]1O[C@@H](n2cc(F)c(=O)[nH]c2=O)C[C@@H]1OCc1ccc(F)cc1. The fourth-order valence-corrected chi connectivity index (χ4v) is 4.18. The number of aromatic amines is 1. The van der Waals surface area contributed by atoms with E-state index >= 15 is 0 Å². The van der Waals surface area contributed by atoms with E-state index < -0.39 is 43.8 Å². The van der Waals surface area contributed by atoms with Crippen molar-refractivity contribution in [1.82, 2.24) is 9.55 Å². The molecule has 10 heteroatoms. The van der Waals surface area contributed by atoms with Gasteiger partial charge in [0.25, 0.3) is 5.56 Å². The van der Waals surface area contributed by atoms with Crippen molar-refractivity contribution in [3.05, 3.63) is 68.5 Å².